The molecule has 1 aromatic rings. The maximum absolute atomic E-state index is 4.24. The van der Waals surface area contributed by atoms with Crippen molar-refractivity contribution in [2.24, 2.45) is 0 Å². The van der Waals surface area contributed by atoms with Crippen molar-refractivity contribution >= 4 is 0 Å². The van der Waals surface area contributed by atoms with Gasteiger partial charge in [-0.3, -0.25) is 4.98 Å². The first-order valence-electron chi connectivity index (χ1n) is 5.95. The molecule has 2 atom stereocenters. The Labute approximate surface area is 92.1 Å². The topological polar surface area (TPSA) is 24.9 Å². The third-order valence-electron chi connectivity index (χ3n) is 3.44. The van der Waals surface area contributed by atoms with Crippen LogP contribution in [0.3, 0.4) is 0 Å². The van der Waals surface area contributed by atoms with Gasteiger partial charge in [0.25, 0.3) is 0 Å². The number of nitrogens with one attached hydrogen (secondary N) is 1. The summed E-state index contributed by atoms with van der Waals surface area (Å²) in [4.78, 5) is 4.24. The van der Waals surface area contributed by atoms with Crippen molar-refractivity contribution in [1.82, 2.24) is 10.3 Å². The third kappa shape index (κ3) is 2.37. The monoisotopic (exact) mass is 204 g/mol. The molecule has 82 valence electrons. The first-order chi connectivity index (χ1) is 7.31. The SMILES string of the molecule is CCNC1CCC(c2cnccc2C)C1. The van der Waals surface area contributed by atoms with Crippen molar-refractivity contribution in [2.75, 3.05) is 6.54 Å². The minimum absolute atomic E-state index is 0.722. The summed E-state index contributed by atoms with van der Waals surface area (Å²) in [5.41, 5.74) is 2.85. The summed E-state index contributed by atoms with van der Waals surface area (Å²) in [6.07, 6.45) is 7.83. The van der Waals surface area contributed by atoms with Gasteiger partial charge in [0, 0.05) is 18.4 Å². The average Bonchev–Trinajstić information content (AvgIpc) is 2.68. The molecule has 15 heavy (non-hydrogen) atoms. The molecule has 1 saturated carbocycles. The Kier molecular flexibility index (Phi) is 3.37. The second-order valence-corrected chi connectivity index (χ2v) is 4.50. The zero-order chi connectivity index (χ0) is 10.7. The van der Waals surface area contributed by atoms with E-state index >= 15 is 0 Å². The molecule has 0 aliphatic heterocycles. The van der Waals surface area contributed by atoms with Crippen LogP contribution < -0.4 is 5.32 Å². The van der Waals surface area contributed by atoms with Crippen LogP contribution in [0.2, 0.25) is 0 Å². The lowest BCUT2D eigenvalue weighted by atomic mass is 9.95. The fourth-order valence-corrected chi connectivity index (χ4v) is 2.64. The maximum Gasteiger partial charge on any atom is 0.0305 e. The average molecular weight is 204 g/mol. The highest BCUT2D eigenvalue weighted by molar-refractivity contribution is 5.26. The van der Waals surface area contributed by atoms with Crippen molar-refractivity contribution in [1.29, 1.82) is 0 Å². The molecular weight excluding hydrogens is 184 g/mol. The Bertz CT molecular complexity index is 322. The molecule has 1 aliphatic carbocycles. The lowest BCUT2D eigenvalue weighted by Gasteiger charge is -2.13. The van der Waals surface area contributed by atoms with Gasteiger partial charge in [-0.1, -0.05) is 6.92 Å². The van der Waals surface area contributed by atoms with Gasteiger partial charge >= 0.3 is 0 Å². The summed E-state index contributed by atoms with van der Waals surface area (Å²) in [5.74, 6) is 0.725. The number of aryl methyl sites for hydroxylation is 1. The van der Waals surface area contributed by atoms with Crippen LogP contribution in [0.15, 0.2) is 18.5 Å². The van der Waals surface area contributed by atoms with E-state index in [9.17, 15) is 0 Å². The van der Waals surface area contributed by atoms with E-state index in [0.717, 1.165) is 18.5 Å². The summed E-state index contributed by atoms with van der Waals surface area (Å²) >= 11 is 0. The molecule has 1 aliphatic rings. The standard InChI is InChI=1S/C13H20N2/c1-3-15-12-5-4-11(8-12)13-9-14-7-6-10(13)2/h6-7,9,11-12,15H,3-5,8H2,1-2H3. The molecule has 1 aromatic heterocycles. The molecule has 1 heterocycles. The van der Waals surface area contributed by atoms with Gasteiger partial charge in [-0.05, 0) is 55.8 Å². The summed E-state index contributed by atoms with van der Waals surface area (Å²) in [7, 11) is 0. The second-order valence-electron chi connectivity index (χ2n) is 4.50. The van der Waals surface area contributed by atoms with Crippen molar-refractivity contribution < 1.29 is 0 Å². The summed E-state index contributed by atoms with van der Waals surface area (Å²) in [6, 6.07) is 2.84. The molecule has 0 saturated heterocycles. The van der Waals surface area contributed by atoms with Gasteiger partial charge in [-0.15, -0.1) is 0 Å². The quantitative estimate of drug-likeness (QED) is 0.818. The zero-order valence-electron chi connectivity index (χ0n) is 9.66. The predicted octanol–water partition coefficient (Wildman–Crippen LogP) is 2.64. The van der Waals surface area contributed by atoms with Gasteiger partial charge in [0.15, 0.2) is 0 Å². The molecule has 2 heteroatoms. The first kappa shape index (κ1) is 10.6. The second kappa shape index (κ2) is 4.75. The molecule has 0 radical (unpaired) electrons. The van der Waals surface area contributed by atoms with E-state index in [1.165, 1.54) is 30.4 Å². The molecule has 0 spiro atoms. The Balaban J connectivity index is 2.04. The van der Waals surface area contributed by atoms with Crippen LogP contribution in [0.25, 0.3) is 0 Å². The Morgan fingerprint density at radius 2 is 2.33 bits per heavy atom. The van der Waals surface area contributed by atoms with Crippen molar-refractivity contribution in [3.63, 3.8) is 0 Å². The molecule has 2 unspecified atom stereocenters. The van der Waals surface area contributed by atoms with E-state index < -0.39 is 0 Å². The van der Waals surface area contributed by atoms with Crippen LogP contribution in [0.5, 0.6) is 0 Å². The van der Waals surface area contributed by atoms with Crippen LogP contribution in [0.1, 0.15) is 43.2 Å². The van der Waals surface area contributed by atoms with Gasteiger partial charge in [0.2, 0.25) is 0 Å². The molecule has 0 bridgehead atoms. The molecule has 1 N–H and O–H groups in total. The smallest absolute Gasteiger partial charge is 0.0305 e. The Hall–Kier alpha value is -0.890. The number of pyridine rings is 1. The number of nitrogens with zero attached hydrogens (tertiary/aromatic N) is 1. The summed E-state index contributed by atoms with van der Waals surface area (Å²) in [6.45, 7) is 5.46. The van der Waals surface area contributed by atoms with Crippen LogP contribution in [0, 0.1) is 6.92 Å². The van der Waals surface area contributed by atoms with Gasteiger partial charge in [0.05, 0.1) is 0 Å². The first-order valence-corrected chi connectivity index (χ1v) is 5.95. The fraction of sp³-hybridized carbons (Fsp3) is 0.615. The fourth-order valence-electron chi connectivity index (χ4n) is 2.64. The number of hydrogen-bond acceptors (Lipinski definition) is 2. The van der Waals surface area contributed by atoms with E-state index in [1.54, 1.807) is 0 Å². The van der Waals surface area contributed by atoms with E-state index in [1.807, 2.05) is 12.4 Å². The number of aromatic nitrogens is 1. The van der Waals surface area contributed by atoms with E-state index in [0.29, 0.717) is 0 Å². The predicted molar refractivity (Wildman–Crippen MR) is 63.0 cm³/mol. The van der Waals surface area contributed by atoms with Crippen molar-refractivity contribution in [2.45, 2.75) is 45.1 Å². The molecule has 0 aromatic carbocycles. The number of rotatable bonds is 3. The highest BCUT2D eigenvalue weighted by Gasteiger charge is 2.25. The van der Waals surface area contributed by atoms with E-state index in [-0.39, 0.29) is 0 Å². The molecular formula is C13H20N2. The molecule has 0 amide bonds. The number of hydrogen-bond donors (Lipinski definition) is 1. The highest BCUT2D eigenvalue weighted by atomic mass is 14.9. The van der Waals surface area contributed by atoms with Crippen LogP contribution in [-0.4, -0.2) is 17.6 Å². The third-order valence-corrected chi connectivity index (χ3v) is 3.44. The van der Waals surface area contributed by atoms with Crippen LogP contribution in [0.4, 0.5) is 0 Å². The van der Waals surface area contributed by atoms with Crippen LogP contribution in [-0.2, 0) is 0 Å². The van der Waals surface area contributed by atoms with Gasteiger partial charge in [0.1, 0.15) is 0 Å². The van der Waals surface area contributed by atoms with Gasteiger partial charge < -0.3 is 5.32 Å². The normalized spacial score (nSPS) is 25.7. The zero-order valence-corrected chi connectivity index (χ0v) is 9.66. The molecule has 1 fully saturated rings. The summed E-state index contributed by atoms with van der Waals surface area (Å²) < 4.78 is 0. The summed E-state index contributed by atoms with van der Waals surface area (Å²) in [5, 5.41) is 3.54. The molecule has 2 nitrogen and oxygen atoms in total. The van der Waals surface area contributed by atoms with E-state index in [2.05, 4.69) is 30.2 Å². The lowest BCUT2D eigenvalue weighted by molar-refractivity contribution is 0.534. The Morgan fingerprint density at radius 3 is 3.07 bits per heavy atom. The minimum atomic E-state index is 0.722. The Morgan fingerprint density at radius 1 is 1.47 bits per heavy atom. The van der Waals surface area contributed by atoms with Crippen molar-refractivity contribution in [3.8, 4) is 0 Å². The highest BCUT2D eigenvalue weighted by Crippen LogP contribution is 2.35. The lowest BCUT2D eigenvalue weighted by Crippen LogP contribution is -2.25. The van der Waals surface area contributed by atoms with E-state index in [4.69, 9.17) is 0 Å². The minimum Gasteiger partial charge on any atom is -0.314 e. The largest absolute Gasteiger partial charge is 0.314 e. The van der Waals surface area contributed by atoms with Crippen LogP contribution >= 0.6 is 0 Å². The van der Waals surface area contributed by atoms with Gasteiger partial charge in [-0.2, -0.15) is 0 Å². The maximum atomic E-state index is 4.24. The van der Waals surface area contributed by atoms with Gasteiger partial charge in [-0.25, -0.2) is 0 Å². The van der Waals surface area contributed by atoms with Crippen molar-refractivity contribution in [3.05, 3.63) is 29.6 Å². The molecule has 2 rings (SSSR count).